The summed E-state index contributed by atoms with van der Waals surface area (Å²) in [6.07, 6.45) is 0.957. The molecule has 0 bridgehead atoms. The number of hydrogen-bond acceptors (Lipinski definition) is 1. The van der Waals surface area contributed by atoms with E-state index in [2.05, 4.69) is 25.7 Å². The molecule has 0 N–H and O–H groups in total. The average Bonchev–Trinajstić information content (AvgIpc) is 2.63. The second-order valence-electron chi connectivity index (χ2n) is 6.45. The molecule has 0 radical (unpaired) electrons. The fourth-order valence-corrected chi connectivity index (χ4v) is 2.73. The van der Waals surface area contributed by atoms with Crippen molar-refractivity contribution in [3.8, 4) is 0 Å². The number of halogens is 2. The molecule has 1 aromatic carbocycles. The van der Waals surface area contributed by atoms with Crippen molar-refractivity contribution >= 4 is 0 Å². The second kappa shape index (κ2) is 4.96. The maximum absolute atomic E-state index is 13.7. The van der Waals surface area contributed by atoms with Gasteiger partial charge in [0.25, 0.3) is 0 Å². The van der Waals surface area contributed by atoms with Crippen molar-refractivity contribution in [3.63, 3.8) is 0 Å². The van der Waals surface area contributed by atoms with Gasteiger partial charge in [-0.05, 0) is 30.0 Å². The molecule has 100 valence electrons. The monoisotopic (exact) mass is 253 g/mol. The van der Waals surface area contributed by atoms with E-state index in [1.165, 1.54) is 6.07 Å². The van der Waals surface area contributed by atoms with Crippen molar-refractivity contribution in [1.29, 1.82) is 0 Å². The minimum Gasteiger partial charge on any atom is -0.302 e. The maximum Gasteiger partial charge on any atom is 0.129 e. The van der Waals surface area contributed by atoms with Gasteiger partial charge in [0.1, 0.15) is 11.6 Å². The lowest BCUT2D eigenvalue weighted by Crippen LogP contribution is -2.30. The lowest BCUT2D eigenvalue weighted by Gasteiger charge is -2.26. The highest BCUT2D eigenvalue weighted by molar-refractivity contribution is 5.24. The van der Waals surface area contributed by atoms with E-state index in [9.17, 15) is 8.78 Å². The molecule has 1 aromatic rings. The van der Waals surface area contributed by atoms with E-state index in [0.29, 0.717) is 5.56 Å². The van der Waals surface area contributed by atoms with Crippen molar-refractivity contribution < 1.29 is 8.78 Å². The molecule has 1 saturated heterocycles. The Morgan fingerprint density at radius 2 is 2.00 bits per heavy atom. The first-order valence-electron chi connectivity index (χ1n) is 6.52. The average molecular weight is 253 g/mol. The first kappa shape index (κ1) is 13.5. The van der Waals surface area contributed by atoms with Gasteiger partial charge in [0.2, 0.25) is 0 Å². The molecule has 0 saturated carbocycles. The molecule has 1 heterocycles. The Morgan fingerprint density at radius 3 is 2.61 bits per heavy atom. The summed E-state index contributed by atoms with van der Waals surface area (Å²) in [7, 11) is 0. The minimum absolute atomic E-state index is 0.202. The van der Waals surface area contributed by atoms with E-state index in [4.69, 9.17) is 0 Å². The van der Waals surface area contributed by atoms with Gasteiger partial charge in [0.05, 0.1) is 0 Å². The standard InChI is InChI=1S/C15H21F2N/c1-15(2,3)10-18-7-6-11(9-18)13-5-4-12(16)8-14(13)17/h4-5,8,11H,6-7,9-10H2,1-3H3. The molecule has 1 nitrogen and oxygen atoms in total. The summed E-state index contributed by atoms with van der Waals surface area (Å²) in [6.45, 7) is 9.52. The number of rotatable bonds is 2. The van der Waals surface area contributed by atoms with Gasteiger partial charge in [-0.3, -0.25) is 0 Å². The van der Waals surface area contributed by atoms with Gasteiger partial charge >= 0.3 is 0 Å². The van der Waals surface area contributed by atoms with Crippen molar-refractivity contribution in [1.82, 2.24) is 4.90 Å². The SMILES string of the molecule is CC(C)(C)CN1CCC(c2ccc(F)cc2F)C1. The molecule has 0 aliphatic carbocycles. The van der Waals surface area contributed by atoms with Crippen LogP contribution in [0, 0.1) is 17.0 Å². The molecule has 1 atom stereocenters. The number of benzene rings is 1. The van der Waals surface area contributed by atoms with Gasteiger partial charge in [0.15, 0.2) is 0 Å². The first-order chi connectivity index (χ1) is 8.35. The van der Waals surface area contributed by atoms with Crippen LogP contribution in [0.4, 0.5) is 8.78 Å². The number of likely N-dealkylation sites (tertiary alicyclic amines) is 1. The van der Waals surface area contributed by atoms with Crippen LogP contribution in [-0.2, 0) is 0 Å². The smallest absolute Gasteiger partial charge is 0.129 e. The molecule has 1 fully saturated rings. The van der Waals surface area contributed by atoms with Crippen LogP contribution in [0.15, 0.2) is 18.2 Å². The van der Waals surface area contributed by atoms with Crippen LogP contribution in [0.25, 0.3) is 0 Å². The summed E-state index contributed by atoms with van der Waals surface area (Å²) in [6, 6.07) is 3.93. The van der Waals surface area contributed by atoms with E-state index in [1.807, 2.05) is 0 Å². The lowest BCUT2D eigenvalue weighted by atomic mass is 9.95. The highest BCUT2D eigenvalue weighted by atomic mass is 19.1. The van der Waals surface area contributed by atoms with Crippen LogP contribution in [0.5, 0.6) is 0 Å². The molecule has 0 aromatic heterocycles. The predicted octanol–water partition coefficient (Wildman–Crippen LogP) is 3.80. The van der Waals surface area contributed by atoms with Crippen molar-refractivity contribution in [3.05, 3.63) is 35.4 Å². The Morgan fingerprint density at radius 1 is 1.28 bits per heavy atom. The van der Waals surface area contributed by atoms with E-state index in [1.54, 1.807) is 6.07 Å². The quantitative estimate of drug-likeness (QED) is 0.775. The van der Waals surface area contributed by atoms with Crippen LogP contribution in [-0.4, -0.2) is 24.5 Å². The van der Waals surface area contributed by atoms with Crippen molar-refractivity contribution in [2.75, 3.05) is 19.6 Å². The Labute approximate surface area is 108 Å². The van der Waals surface area contributed by atoms with Gasteiger partial charge in [-0.15, -0.1) is 0 Å². The predicted molar refractivity (Wildman–Crippen MR) is 69.6 cm³/mol. The molecule has 0 amide bonds. The van der Waals surface area contributed by atoms with Gasteiger partial charge < -0.3 is 4.90 Å². The number of nitrogens with zero attached hydrogens (tertiary/aromatic N) is 1. The molecule has 1 unspecified atom stereocenters. The van der Waals surface area contributed by atoms with Crippen molar-refractivity contribution in [2.45, 2.75) is 33.1 Å². The summed E-state index contributed by atoms with van der Waals surface area (Å²) >= 11 is 0. The van der Waals surface area contributed by atoms with Gasteiger partial charge in [-0.1, -0.05) is 26.8 Å². The Balaban J connectivity index is 2.04. The largest absolute Gasteiger partial charge is 0.302 e. The zero-order valence-corrected chi connectivity index (χ0v) is 11.3. The van der Waals surface area contributed by atoms with Crippen molar-refractivity contribution in [2.24, 2.45) is 5.41 Å². The first-order valence-corrected chi connectivity index (χ1v) is 6.52. The summed E-state index contributed by atoms with van der Waals surface area (Å²) < 4.78 is 26.6. The Kier molecular flexibility index (Phi) is 3.71. The van der Waals surface area contributed by atoms with Gasteiger partial charge in [0, 0.05) is 25.1 Å². The van der Waals surface area contributed by atoms with Crippen LogP contribution in [0.2, 0.25) is 0 Å². The maximum atomic E-state index is 13.7. The van der Waals surface area contributed by atoms with Crippen LogP contribution in [0.1, 0.15) is 38.7 Å². The second-order valence-corrected chi connectivity index (χ2v) is 6.45. The van der Waals surface area contributed by atoms with Crippen LogP contribution in [0.3, 0.4) is 0 Å². The summed E-state index contributed by atoms with van der Waals surface area (Å²) in [5.41, 5.74) is 0.920. The fourth-order valence-electron chi connectivity index (χ4n) is 2.73. The summed E-state index contributed by atoms with van der Waals surface area (Å²) in [5.74, 6) is -0.702. The fraction of sp³-hybridized carbons (Fsp3) is 0.600. The van der Waals surface area contributed by atoms with E-state index >= 15 is 0 Å². The minimum atomic E-state index is -0.499. The zero-order valence-electron chi connectivity index (χ0n) is 11.3. The van der Waals surface area contributed by atoms with Crippen LogP contribution >= 0.6 is 0 Å². The third-order valence-corrected chi connectivity index (χ3v) is 3.37. The third-order valence-electron chi connectivity index (χ3n) is 3.37. The molecule has 0 spiro atoms. The molecular weight excluding hydrogens is 232 g/mol. The third kappa shape index (κ3) is 3.29. The molecule has 18 heavy (non-hydrogen) atoms. The van der Waals surface area contributed by atoms with E-state index in [-0.39, 0.29) is 11.3 Å². The van der Waals surface area contributed by atoms with Gasteiger partial charge in [-0.25, -0.2) is 8.78 Å². The summed E-state index contributed by atoms with van der Waals surface area (Å²) in [4.78, 5) is 2.37. The highest BCUT2D eigenvalue weighted by Gasteiger charge is 2.28. The molecular formula is C15H21F2N. The topological polar surface area (TPSA) is 3.24 Å². The lowest BCUT2D eigenvalue weighted by molar-refractivity contribution is 0.225. The normalized spacial score (nSPS) is 21.5. The Bertz CT molecular complexity index is 423. The zero-order chi connectivity index (χ0) is 13.3. The molecule has 1 aliphatic rings. The highest BCUT2D eigenvalue weighted by Crippen LogP contribution is 2.31. The van der Waals surface area contributed by atoms with Gasteiger partial charge in [-0.2, -0.15) is 0 Å². The number of hydrogen-bond donors (Lipinski definition) is 0. The molecule has 1 aliphatic heterocycles. The molecule has 2 rings (SSSR count). The Hall–Kier alpha value is -0.960. The van der Waals surface area contributed by atoms with E-state index < -0.39 is 11.6 Å². The van der Waals surface area contributed by atoms with E-state index in [0.717, 1.165) is 32.1 Å². The summed E-state index contributed by atoms with van der Waals surface area (Å²) in [5, 5.41) is 0. The van der Waals surface area contributed by atoms with Crippen LogP contribution < -0.4 is 0 Å². The molecule has 3 heteroatoms.